The molecule has 0 spiro atoms. The molecule has 0 atom stereocenters. The lowest BCUT2D eigenvalue weighted by atomic mass is 10.1. The predicted molar refractivity (Wildman–Crippen MR) is 114 cm³/mol. The van der Waals surface area contributed by atoms with Crippen LogP contribution in [0.1, 0.15) is 20.8 Å². The van der Waals surface area contributed by atoms with Gasteiger partial charge in [-0.05, 0) is 42.5 Å². The van der Waals surface area contributed by atoms with Crippen molar-refractivity contribution in [3.63, 3.8) is 0 Å². The van der Waals surface area contributed by atoms with Crippen LogP contribution >= 0.6 is 0 Å². The third kappa shape index (κ3) is 4.04. The summed E-state index contributed by atoms with van der Waals surface area (Å²) in [7, 11) is 2.48. The molecule has 0 aliphatic heterocycles. The number of carbonyl (C=O) groups excluding carboxylic acids is 2. The van der Waals surface area contributed by atoms with E-state index in [9.17, 15) is 9.59 Å². The average molecular weight is 430 g/mol. The van der Waals surface area contributed by atoms with Crippen molar-refractivity contribution in [3.05, 3.63) is 84.3 Å². The van der Waals surface area contributed by atoms with Crippen molar-refractivity contribution in [1.82, 2.24) is 19.7 Å². The van der Waals surface area contributed by atoms with E-state index in [0.717, 1.165) is 0 Å². The lowest BCUT2D eigenvalue weighted by molar-refractivity contribution is 0.0549. The highest BCUT2D eigenvalue weighted by molar-refractivity contribution is 6.06. The number of aromatic nitrogens is 4. The van der Waals surface area contributed by atoms with Gasteiger partial charge in [-0.25, -0.2) is 24.2 Å². The molecule has 0 aliphatic rings. The number of rotatable bonds is 6. The molecule has 0 unspecified atom stereocenters. The second-order valence-corrected chi connectivity index (χ2v) is 6.46. The minimum Gasteiger partial charge on any atom is -0.465 e. The minimum absolute atomic E-state index is 0.00302. The monoisotopic (exact) mass is 430 g/mol. The SMILES string of the molecule is COC(=O)c1c(-c2ccc(Oc3ncccn3)cc2)nn(-c2ccccc2)c1C(=O)OC. The van der Waals surface area contributed by atoms with Gasteiger partial charge >= 0.3 is 17.9 Å². The summed E-state index contributed by atoms with van der Waals surface area (Å²) in [6.07, 6.45) is 3.15. The first-order chi connectivity index (χ1) is 15.6. The zero-order valence-corrected chi connectivity index (χ0v) is 17.3. The Morgan fingerprint density at radius 2 is 1.47 bits per heavy atom. The van der Waals surface area contributed by atoms with E-state index in [0.29, 0.717) is 17.0 Å². The van der Waals surface area contributed by atoms with Gasteiger partial charge in [0.2, 0.25) is 0 Å². The van der Waals surface area contributed by atoms with Crippen LogP contribution in [0.3, 0.4) is 0 Å². The molecule has 32 heavy (non-hydrogen) atoms. The third-order valence-corrected chi connectivity index (χ3v) is 4.53. The summed E-state index contributed by atoms with van der Waals surface area (Å²) in [4.78, 5) is 33.3. The molecular formula is C23H18N4O5. The lowest BCUT2D eigenvalue weighted by Gasteiger charge is -2.07. The van der Waals surface area contributed by atoms with Crippen LogP contribution in [0.4, 0.5) is 0 Å². The summed E-state index contributed by atoms with van der Waals surface area (Å²) in [6.45, 7) is 0. The number of benzene rings is 2. The molecule has 0 saturated heterocycles. The maximum Gasteiger partial charge on any atom is 0.357 e. The van der Waals surface area contributed by atoms with Crippen LogP contribution in [-0.2, 0) is 9.47 Å². The Hall–Kier alpha value is -4.53. The quantitative estimate of drug-likeness (QED) is 0.427. The van der Waals surface area contributed by atoms with Gasteiger partial charge in [0.15, 0.2) is 5.69 Å². The molecule has 0 bridgehead atoms. The topological polar surface area (TPSA) is 105 Å². The second-order valence-electron chi connectivity index (χ2n) is 6.46. The van der Waals surface area contributed by atoms with Crippen molar-refractivity contribution >= 4 is 11.9 Å². The molecule has 9 heteroatoms. The fourth-order valence-corrected chi connectivity index (χ4v) is 3.08. The van der Waals surface area contributed by atoms with Crippen molar-refractivity contribution in [2.24, 2.45) is 0 Å². The largest absolute Gasteiger partial charge is 0.465 e. The van der Waals surface area contributed by atoms with E-state index in [1.807, 2.05) is 6.07 Å². The number of hydrogen-bond acceptors (Lipinski definition) is 8. The molecule has 4 rings (SSSR count). The highest BCUT2D eigenvalue weighted by Crippen LogP contribution is 2.30. The van der Waals surface area contributed by atoms with Crippen molar-refractivity contribution in [2.45, 2.75) is 0 Å². The van der Waals surface area contributed by atoms with E-state index in [2.05, 4.69) is 15.1 Å². The molecule has 0 fully saturated rings. The van der Waals surface area contributed by atoms with Crippen molar-refractivity contribution in [2.75, 3.05) is 14.2 Å². The molecular weight excluding hydrogens is 412 g/mol. The number of esters is 2. The van der Waals surface area contributed by atoms with Gasteiger partial charge in [0.05, 0.1) is 19.9 Å². The minimum atomic E-state index is -0.714. The molecule has 0 saturated carbocycles. The molecule has 0 N–H and O–H groups in total. The number of carbonyl (C=O) groups is 2. The molecule has 9 nitrogen and oxygen atoms in total. The van der Waals surface area contributed by atoms with Gasteiger partial charge in [-0.15, -0.1) is 0 Å². The standard InChI is InChI=1S/C23H18N4O5/c1-30-21(28)18-19(15-9-11-17(12-10-15)32-23-24-13-6-14-25-23)26-27(20(18)22(29)31-2)16-7-4-3-5-8-16/h3-14H,1-2H3. The smallest absolute Gasteiger partial charge is 0.357 e. The van der Waals surface area contributed by atoms with E-state index in [4.69, 9.17) is 14.2 Å². The van der Waals surface area contributed by atoms with Crippen LogP contribution in [-0.4, -0.2) is 45.9 Å². The number of nitrogens with zero attached hydrogens (tertiary/aromatic N) is 4. The van der Waals surface area contributed by atoms with Crippen LogP contribution < -0.4 is 4.74 Å². The Bertz CT molecular complexity index is 1240. The first-order valence-electron chi connectivity index (χ1n) is 9.52. The molecule has 2 heterocycles. The molecule has 160 valence electrons. The van der Waals surface area contributed by atoms with Crippen molar-refractivity contribution in [3.8, 4) is 28.7 Å². The van der Waals surface area contributed by atoms with Crippen LogP contribution in [0.2, 0.25) is 0 Å². The molecule has 4 aromatic rings. The molecule has 2 aromatic heterocycles. The Kier molecular flexibility index (Phi) is 5.89. The summed E-state index contributed by atoms with van der Waals surface area (Å²) in [5, 5.41) is 4.55. The van der Waals surface area contributed by atoms with E-state index in [1.54, 1.807) is 67.0 Å². The van der Waals surface area contributed by atoms with Crippen LogP contribution in [0.25, 0.3) is 16.9 Å². The molecule has 0 radical (unpaired) electrons. The third-order valence-electron chi connectivity index (χ3n) is 4.53. The Morgan fingerprint density at radius 3 is 2.09 bits per heavy atom. The lowest BCUT2D eigenvalue weighted by Crippen LogP contribution is -2.15. The Labute approximate surface area is 183 Å². The number of para-hydroxylation sites is 1. The first kappa shape index (κ1) is 20.7. The second kappa shape index (κ2) is 9.09. The fraction of sp³-hybridized carbons (Fsp3) is 0.0870. The number of methoxy groups -OCH3 is 2. The van der Waals surface area contributed by atoms with Crippen molar-refractivity contribution in [1.29, 1.82) is 0 Å². The van der Waals surface area contributed by atoms with Crippen LogP contribution in [0.5, 0.6) is 11.8 Å². The van der Waals surface area contributed by atoms with Crippen molar-refractivity contribution < 1.29 is 23.8 Å². The van der Waals surface area contributed by atoms with E-state index in [1.165, 1.54) is 18.9 Å². The molecule has 0 aliphatic carbocycles. The first-order valence-corrected chi connectivity index (χ1v) is 9.52. The molecule has 2 aromatic carbocycles. The summed E-state index contributed by atoms with van der Waals surface area (Å²) in [6, 6.07) is 17.7. The summed E-state index contributed by atoms with van der Waals surface area (Å²) >= 11 is 0. The summed E-state index contributed by atoms with van der Waals surface area (Å²) in [5.74, 6) is -0.926. The highest BCUT2D eigenvalue weighted by atomic mass is 16.5. The van der Waals surface area contributed by atoms with Crippen LogP contribution in [0.15, 0.2) is 73.1 Å². The van der Waals surface area contributed by atoms with Gasteiger partial charge in [-0.1, -0.05) is 18.2 Å². The zero-order chi connectivity index (χ0) is 22.5. The Balaban J connectivity index is 1.82. The average Bonchev–Trinajstić information content (AvgIpc) is 3.25. The van der Waals surface area contributed by atoms with E-state index >= 15 is 0 Å². The number of ether oxygens (including phenoxy) is 3. The van der Waals surface area contributed by atoms with E-state index < -0.39 is 11.9 Å². The van der Waals surface area contributed by atoms with Gasteiger partial charge < -0.3 is 14.2 Å². The fourth-order valence-electron chi connectivity index (χ4n) is 3.08. The van der Waals surface area contributed by atoms with Gasteiger partial charge in [0.1, 0.15) is 17.0 Å². The Morgan fingerprint density at radius 1 is 0.812 bits per heavy atom. The van der Waals surface area contributed by atoms with Gasteiger partial charge in [0.25, 0.3) is 0 Å². The van der Waals surface area contributed by atoms with Gasteiger partial charge in [0, 0.05) is 18.0 Å². The van der Waals surface area contributed by atoms with Gasteiger partial charge in [-0.3, -0.25) is 0 Å². The summed E-state index contributed by atoms with van der Waals surface area (Å²) in [5.41, 5.74) is 1.41. The summed E-state index contributed by atoms with van der Waals surface area (Å²) < 4.78 is 16.9. The maximum atomic E-state index is 12.7. The van der Waals surface area contributed by atoms with Crippen LogP contribution in [0, 0.1) is 0 Å². The van der Waals surface area contributed by atoms with Gasteiger partial charge in [-0.2, -0.15) is 5.10 Å². The molecule has 0 amide bonds. The van der Waals surface area contributed by atoms with E-state index in [-0.39, 0.29) is 23.0 Å². The highest BCUT2D eigenvalue weighted by Gasteiger charge is 2.31. The normalized spacial score (nSPS) is 10.4. The maximum absolute atomic E-state index is 12.7. The number of hydrogen-bond donors (Lipinski definition) is 0. The predicted octanol–water partition coefficient (Wildman–Crippen LogP) is 3.69. The zero-order valence-electron chi connectivity index (χ0n) is 17.3.